The largest absolute Gasteiger partial charge is 0.330 e. The highest BCUT2D eigenvalue weighted by Gasteiger charge is 2.36. The van der Waals surface area contributed by atoms with Gasteiger partial charge in [0.15, 0.2) is 0 Å². The Kier molecular flexibility index (Phi) is 5.11. The van der Waals surface area contributed by atoms with Crippen molar-refractivity contribution >= 4 is 0 Å². The molecule has 1 saturated carbocycles. The third-order valence-electron chi connectivity index (χ3n) is 4.30. The number of nitrogens with two attached hydrogens (primary N) is 1. The Morgan fingerprint density at radius 1 is 1.40 bits per heavy atom. The normalized spacial score (nSPS) is 31.4. The summed E-state index contributed by atoms with van der Waals surface area (Å²) in [6.45, 7) is 7.88. The fourth-order valence-corrected chi connectivity index (χ4v) is 3.08. The molecule has 0 bridgehead atoms. The summed E-state index contributed by atoms with van der Waals surface area (Å²) in [5.41, 5.74) is 6.53. The van der Waals surface area contributed by atoms with Crippen LogP contribution < -0.4 is 5.73 Å². The molecule has 2 atom stereocenters. The molecular weight excluding hydrogens is 182 g/mol. The molecule has 0 aromatic heterocycles. The van der Waals surface area contributed by atoms with Gasteiger partial charge in [-0.3, -0.25) is 0 Å². The minimum Gasteiger partial charge on any atom is -0.330 e. The van der Waals surface area contributed by atoms with E-state index < -0.39 is 0 Å². The molecule has 1 rings (SSSR count). The molecule has 15 heavy (non-hydrogen) atoms. The molecule has 0 aliphatic heterocycles. The Balaban J connectivity index is 2.34. The van der Waals surface area contributed by atoms with Crippen LogP contribution in [0.5, 0.6) is 0 Å². The van der Waals surface area contributed by atoms with E-state index in [0.29, 0.717) is 5.41 Å². The Hall–Kier alpha value is -0.0400. The molecule has 0 saturated heterocycles. The van der Waals surface area contributed by atoms with Crippen molar-refractivity contribution in [2.75, 3.05) is 6.54 Å². The predicted octanol–water partition coefficient (Wildman–Crippen LogP) is 3.97. The number of hydrogen-bond donors (Lipinski definition) is 1. The van der Waals surface area contributed by atoms with E-state index in [4.69, 9.17) is 5.73 Å². The van der Waals surface area contributed by atoms with Gasteiger partial charge in [0, 0.05) is 0 Å². The molecule has 0 aromatic carbocycles. The van der Waals surface area contributed by atoms with E-state index in [1.807, 2.05) is 0 Å². The average molecular weight is 211 g/mol. The van der Waals surface area contributed by atoms with Gasteiger partial charge in [0.25, 0.3) is 0 Å². The van der Waals surface area contributed by atoms with Crippen LogP contribution in [-0.2, 0) is 0 Å². The average Bonchev–Trinajstić information content (AvgIpc) is 2.62. The molecule has 0 aromatic rings. The quantitative estimate of drug-likeness (QED) is 0.707. The van der Waals surface area contributed by atoms with Crippen LogP contribution in [0.15, 0.2) is 0 Å². The molecular formula is C14H29N. The summed E-state index contributed by atoms with van der Waals surface area (Å²) in [5.74, 6) is 1.82. The molecule has 0 spiro atoms. The summed E-state index contributed by atoms with van der Waals surface area (Å²) >= 11 is 0. The highest BCUT2D eigenvalue weighted by molar-refractivity contribution is 4.89. The highest BCUT2D eigenvalue weighted by atomic mass is 14.6. The van der Waals surface area contributed by atoms with Crippen molar-refractivity contribution in [3.05, 3.63) is 0 Å². The second-order valence-electron chi connectivity index (χ2n) is 6.01. The van der Waals surface area contributed by atoms with E-state index in [1.165, 1.54) is 44.9 Å². The van der Waals surface area contributed by atoms with Crippen LogP contribution in [-0.4, -0.2) is 6.54 Å². The molecule has 1 aliphatic rings. The van der Waals surface area contributed by atoms with Crippen molar-refractivity contribution in [1.29, 1.82) is 0 Å². The lowest BCUT2D eigenvalue weighted by Crippen LogP contribution is -2.28. The van der Waals surface area contributed by atoms with Gasteiger partial charge in [-0.15, -0.1) is 0 Å². The lowest BCUT2D eigenvalue weighted by molar-refractivity contribution is 0.254. The summed E-state index contributed by atoms with van der Waals surface area (Å²) in [7, 11) is 0. The van der Waals surface area contributed by atoms with Crippen LogP contribution in [0.4, 0.5) is 0 Å². The third-order valence-corrected chi connectivity index (χ3v) is 4.30. The van der Waals surface area contributed by atoms with Gasteiger partial charge in [-0.05, 0) is 49.5 Å². The van der Waals surface area contributed by atoms with Crippen molar-refractivity contribution in [3.8, 4) is 0 Å². The SMILES string of the molecule is CCC1CCC(CN)(CCCC(C)C)C1. The summed E-state index contributed by atoms with van der Waals surface area (Å²) in [6, 6.07) is 0. The lowest BCUT2D eigenvalue weighted by atomic mass is 9.79. The van der Waals surface area contributed by atoms with Gasteiger partial charge in [0.2, 0.25) is 0 Å². The Bertz CT molecular complexity index is 176. The third kappa shape index (κ3) is 3.79. The predicted molar refractivity (Wildman–Crippen MR) is 67.8 cm³/mol. The molecule has 2 N–H and O–H groups in total. The summed E-state index contributed by atoms with van der Waals surface area (Å²) in [5, 5.41) is 0. The Labute approximate surface area is 95.8 Å². The minimum absolute atomic E-state index is 0.523. The molecule has 0 heterocycles. The highest BCUT2D eigenvalue weighted by Crippen LogP contribution is 2.45. The van der Waals surface area contributed by atoms with E-state index in [1.54, 1.807) is 0 Å². The zero-order valence-electron chi connectivity index (χ0n) is 10.9. The molecule has 1 heteroatoms. The number of rotatable bonds is 6. The maximum absolute atomic E-state index is 6.00. The van der Waals surface area contributed by atoms with Crippen molar-refractivity contribution in [1.82, 2.24) is 0 Å². The first-order valence-electron chi connectivity index (χ1n) is 6.82. The van der Waals surface area contributed by atoms with Gasteiger partial charge in [-0.2, -0.15) is 0 Å². The monoisotopic (exact) mass is 211 g/mol. The molecule has 2 unspecified atom stereocenters. The van der Waals surface area contributed by atoms with Crippen molar-refractivity contribution in [2.24, 2.45) is 23.0 Å². The first kappa shape index (κ1) is 13.0. The zero-order valence-corrected chi connectivity index (χ0v) is 10.9. The second kappa shape index (κ2) is 5.89. The van der Waals surface area contributed by atoms with E-state index >= 15 is 0 Å². The number of hydrogen-bond acceptors (Lipinski definition) is 1. The second-order valence-corrected chi connectivity index (χ2v) is 6.01. The maximum Gasteiger partial charge on any atom is -0.00204 e. The first-order chi connectivity index (χ1) is 7.12. The van der Waals surface area contributed by atoms with Crippen LogP contribution in [0.25, 0.3) is 0 Å². The van der Waals surface area contributed by atoms with E-state index in [9.17, 15) is 0 Å². The summed E-state index contributed by atoms with van der Waals surface area (Å²) in [4.78, 5) is 0. The molecule has 1 fully saturated rings. The van der Waals surface area contributed by atoms with Crippen LogP contribution in [0.1, 0.15) is 65.7 Å². The van der Waals surface area contributed by atoms with E-state index in [-0.39, 0.29) is 0 Å². The van der Waals surface area contributed by atoms with Crippen LogP contribution in [0, 0.1) is 17.3 Å². The fraction of sp³-hybridized carbons (Fsp3) is 1.00. The van der Waals surface area contributed by atoms with Crippen LogP contribution in [0.3, 0.4) is 0 Å². The van der Waals surface area contributed by atoms with Crippen molar-refractivity contribution in [2.45, 2.75) is 65.7 Å². The minimum atomic E-state index is 0.523. The Morgan fingerprint density at radius 3 is 2.60 bits per heavy atom. The lowest BCUT2D eigenvalue weighted by Gasteiger charge is -2.28. The first-order valence-corrected chi connectivity index (χ1v) is 6.82. The van der Waals surface area contributed by atoms with Gasteiger partial charge in [-0.25, -0.2) is 0 Å². The van der Waals surface area contributed by atoms with Gasteiger partial charge in [0.1, 0.15) is 0 Å². The van der Waals surface area contributed by atoms with Crippen molar-refractivity contribution in [3.63, 3.8) is 0 Å². The van der Waals surface area contributed by atoms with Gasteiger partial charge >= 0.3 is 0 Å². The molecule has 1 nitrogen and oxygen atoms in total. The zero-order chi connectivity index (χ0) is 11.3. The van der Waals surface area contributed by atoms with E-state index in [0.717, 1.165) is 18.4 Å². The molecule has 0 radical (unpaired) electrons. The summed E-state index contributed by atoms with van der Waals surface area (Å²) in [6.07, 6.45) is 9.70. The maximum atomic E-state index is 6.00. The fourth-order valence-electron chi connectivity index (χ4n) is 3.08. The molecule has 90 valence electrons. The molecule has 0 amide bonds. The van der Waals surface area contributed by atoms with E-state index in [2.05, 4.69) is 20.8 Å². The van der Waals surface area contributed by atoms with Crippen LogP contribution in [0.2, 0.25) is 0 Å². The van der Waals surface area contributed by atoms with Gasteiger partial charge in [0.05, 0.1) is 0 Å². The Morgan fingerprint density at radius 2 is 2.13 bits per heavy atom. The molecule has 1 aliphatic carbocycles. The van der Waals surface area contributed by atoms with Crippen LogP contribution >= 0.6 is 0 Å². The standard InChI is InChI=1S/C14H29N/c1-4-13-7-9-14(10-13,11-15)8-5-6-12(2)3/h12-13H,4-11,15H2,1-3H3. The topological polar surface area (TPSA) is 26.0 Å². The smallest absolute Gasteiger partial charge is 0.00204 e. The van der Waals surface area contributed by atoms with Crippen molar-refractivity contribution < 1.29 is 0 Å². The van der Waals surface area contributed by atoms with Gasteiger partial charge < -0.3 is 5.73 Å². The summed E-state index contributed by atoms with van der Waals surface area (Å²) < 4.78 is 0. The van der Waals surface area contributed by atoms with Gasteiger partial charge in [-0.1, -0.05) is 40.0 Å².